The number of rotatable bonds is 4. The summed E-state index contributed by atoms with van der Waals surface area (Å²) in [5, 5.41) is 23.9. The Labute approximate surface area is 141 Å². The van der Waals surface area contributed by atoms with Gasteiger partial charge in [-0.2, -0.15) is 5.10 Å². The Kier molecular flexibility index (Phi) is 4.46. The van der Waals surface area contributed by atoms with Crippen molar-refractivity contribution in [2.24, 2.45) is 5.10 Å². The molecular formula is C16H13N3O6. The van der Waals surface area contributed by atoms with E-state index in [0.29, 0.717) is 17.1 Å². The Morgan fingerprint density at radius 2 is 2.08 bits per heavy atom. The first-order valence-electron chi connectivity index (χ1n) is 7.23. The van der Waals surface area contributed by atoms with Gasteiger partial charge in [0, 0.05) is 11.6 Å². The zero-order chi connectivity index (χ0) is 17.8. The number of hydrogen-bond acceptors (Lipinski definition) is 7. The summed E-state index contributed by atoms with van der Waals surface area (Å²) in [6, 6.07) is 10.7. The van der Waals surface area contributed by atoms with Crippen molar-refractivity contribution in [3.63, 3.8) is 0 Å². The molecule has 0 unspecified atom stereocenters. The van der Waals surface area contributed by atoms with Gasteiger partial charge in [0.2, 0.25) is 6.10 Å². The number of hydrogen-bond donors (Lipinski definition) is 2. The maximum atomic E-state index is 12.0. The average molecular weight is 343 g/mol. The van der Waals surface area contributed by atoms with Crippen LogP contribution in [0.5, 0.6) is 17.2 Å². The van der Waals surface area contributed by atoms with E-state index in [1.165, 1.54) is 18.3 Å². The number of ether oxygens (including phenoxy) is 2. The molecular weight excluding hydrogens is 330 g/mol. The van der Waals surface area contributed by atoms with E-state index in [4.69, 9.17) is 9.47 Å². The number of hydrazone groups is 1. The van der Waals surface area contributed by atoms with E-state index in [9.17, 15) is 20.0 Å². The lowest BCUT2D eigenvalue weighted by Crippen LogP contribution is -2.42. The van der Waals surface area contributed by atoms with Crippen LogP contribution in [0.2, 0.25) is 0 Å². The number of carbonyl (C=O) groups excluding carboxylic acids is 1. The molecule has 0 saturated heterocycles. The van der Waals surface area contributed by atoms with Crippen LogP contribution in [0.3, 0.4) is 0 Å². The van der Waals surface area contributed by atoms with Crippen molar-refractivity contribution in [1.29, 1.82) is 0 Å². The van der Waals surface area contributed by atoms with Crippen LogP contribution in [0.1, 0.15) is 5.56 Å². The summed E-state index contributed by atoms with van der Waals surface area (Å²) in [6.45, 7) is 0.0447. The number of carbonyl (C=O) groups is 1. The minimum Gasteiger partial charge on any atom is -0.502 e. The van der Waals surface area contributed by atoms with Gasteiger partial charge in [-0.3, -0.25) is 14.9 Å². The van der Waals surface area contributed by atoms with E-state index in [1.807, 2.05) is 0 Å². The summed E-state index contributed by atoms with van der Waals surface area (Å²) in [5.74, 6) is 0.0649. The predicted octanol–water partition coefficient (Wildman–Crippen LogP) is 1.59. The van der Waals surface area contributed by atoms with E-state index < -0.39 is 28.4 Å². The average Bonchev–Trinajstić information content (AvgIpc) is 2.62. The molecule has 2 aromatic rings. The molecule has 9 heteroatoms. The zero-order valence-corrected chi connectivity index (χ0v) is 12.8. The number of nitrogens with zero attached hydrogens (tertiary/aromatic N) is 2. The lowest BCUT2D eigenvalue weighted by molar-refractivity contribution is -0.385. The van der Waals surface area contributed by atoms with E-state index in [0.717, 1.165) is 6.07 Å². The Morgan fingerprint density at radius 1 is 1.32 bits per heavy atom. The highest BCUT2D eigenvalue weighted by atomic mass is 16.6. The number of nitro groups is 1. The number of benzene rings is 2. The number of nitro benzene ring substituents is 1. The fourth-order valence-corrected chi connectivity index (χ4v) is 2.16. The Morgan fingerprint density at radius 3 is 2.84 bits per heavy atom. The van der Waals surface area contributed by atoms with Crippen molar-refractivity contribution in [2.75, 3.05) is 6.61 Å². The topological polar surface area (TPSA) is 123 Å². The maximum absolute atomic E-state index is 12.0. The van der Waals surface area contributed by atoms with Crippen molar-refractivity contribution in [2.45, 2.75) is 6.10 Å². The van der Waals surface area contributed by atoms with Crippen molar-refractivity contribution in [1.82, 2.24) is 5.43 Å². The molecule has 2 aromatic carbocycles. The number of amides is 1. The summed E-state index contributed by atoms with van der Waals surface area (Å²) < 4.78 is 11.0. The largest absolute Gasteiger partial charge is 0.502 e. The highest BCUT2D eigenvalue weighted by Gasteiger charge is 2.27. The van der Waals surface area contributed by atoms with Crippen molar-refractivity contribution >= 4 is 17.8 Å². The second kappa shape index (κ2) is 6.87. The first-order valence-corrected chi connectivity index (χ1v) is 7.23. The van der Waals surface area contributed by atoms with Crippen LogP contribution in [0.4, 0.5) is 5.69 Å². The molecule has 1 atom stereocenters. The summed E-state index contributed by atoms with van der Waals surface area (Å²) in [5.41, 5.74) is 2.18. The van der Waals surface area contributed by atoms with Gasteiger partial charge in [0.05, 0.1) is 11.1 Å². The number of fused-ring (bicyclic) bond motifs is 1. The molecule has 0 aromatic heterocycles. The highest BCUT2D eigenvalue weighted by Crippen LogP contribution is 2.30. The van der Waals surface area contributed by atoms with Crippen LogP contribution in [0.15, 0.2) is 47.6 Å². The molecule has 2 N–H and O–H groups in total. The quantitative estimate of drug-likeness (QED) is 0.494. The van der Waals surface area contributed by atoms with E-state index in [-0.39, 0.29) is 6.61 Å². The van der Waals surface area contributed by atoms with E-state index in [2.05, 4.69) is 10.5 Å². The van der Waals surface area contributed by atoms with Crippen molar-refractivity contribution in [3.05, 3.63) is 58.1 Å². The Balaban J connectivity index is 1.62. The molecule has 0 radical (unpaired) electrons. The third-order valence-electron chi connectivity index (χ3n) is 3.39. The summed E-state index contributed by atoms with van der Waals surface area (Å²) >= 11 is 0. The number of phenols is 1. The van der Waals surface area contributed by atoms with Crippen molar-refractivity contribution < 1.29 is 24.3 Å². The van der Waals surface area contributed by atoms with Gasteiger partial charge in [-0.05, 0) is 24.3 Å². The van der Waals surface area contributed by atoms with Crippen molar-refractivity contribution in [3.8, 4) is 17.2 Å². The number of aromatic hydroxyl groups is 1. The predicted molar refractivity (Wildman–Crippen MR) is 86.9 cm³/mol. The van der Waals surface area contributed by atoms with Crippen LogP contribution < -0.4 is 14.9 Å². The zero-order valence-electron chi connectivity index (χ0n) is 12.8. The maximum Gasteiger partial charge on any atom is 0.311 e. The smallest absolute Gasteiger partial charge is 0.311 e. The lowest BCUT2D eigenvalue weighted by atomic mass is 10.2. The molecule has 1 aliphatic heterocycles. The van der Waals surface area contributed by atoms with Gasteiger partial charge < -0.3 is 14.6 Å². The fraction of sp³-hybridized carbons (Fsp3) is 0.125. The minimum absolute atomic E-state index is 0.0447. The number of nitrogens with one attached hydrogen (secondary N) is 1. The van der Waals surface area contributed by atoms with Gasteiger partial charge >= 0.3 is 5.69 Å². The summed E-state index contributed by atoms with van der Waals surface area (Å²) in [7, 11) is 0. The first-order chi connectivity index (χ1) is 12.0. The molecule has 25 heavy (non-hydrogen) atoms. The standard InChI is InChI=1S/C16H13N3O6/c20-12-6-5-10(7-11(12)19(22)23)8-17-18-16(21)15-9-24-13-3-1-2-4-14(13)25-15/h1-8,15,20H,9H2,(H,18,21)/b17-8+/t15-/m0/s1. The third kappa shape index (κ3) is 3.66. The lowest BCUT2D eigenvalue weighted by Gasteiger charge is -2.24. The fourth-order valence-electron chi connectivity index (χ4n) is 2.16. The van der Waals surface area contributed by atoms with Crippen LogP contribution in [-0.4, -0.2) is 34.9 Å². The molecule has 128 valence electrons. The molecule has 3 rings (SSSR count). The summed E-state index contributed by atoms with van der Waals surface area (Å²) in [4.78, 5) is 22.1. The van der Waals surface area contributed by atoms with Gasteiger partial charge in [-0.25, -0.2) is 5.43 Å². The van der Waals surface area contributed by atoms with Gasteiger partial charge in [-0.15, -0.1) is 0 Å². The second-order valence-electron chi connectivity index (χ2n) is 5.10. The Hall–Kier alpha value is -3.62. The third-order valence-corrected chi connectivity index (χ3v) is 3.39. The van der Waals surface area contributed by atoms with Gasteiger partial charge in [0.25, 0.3) is 5.91 Å². The molecule has 1 aliphatic rings. The first kappa shape index (κ1) is 16.2. The van der Waals surface area contributed by atoms with Gasteiger partial charge in [0.15, 0.2) is 17.2 Å². The normalized spacial score (nSPS) is 15.8. The van der Waals surface area contributed by atoms with Crippen LogP contribution >= 0.6 is 0 Å². The number of para-hydroxylation sites is 2. The molecule has 1 heterocycles. The number of phenolic OH excluding ortho intramolecular Hbond substituents is 1. The molecule has 9 nitrogen and oxygen atoms in total. The molecule has 0 fully saturated rings. The van der Waals surface area contributed by atoms with E-state index >= 15 is 0 Å². The van der Waals surface area contributed by atoms with Gasteiger partial charge in [0.1, 0.15) is 6.61 Å². The van der Waals surface area contributed by atoms with Crippen LogP contribution in [-0.2, 0) is 4.79 Å². The minimum atomic E-state index is -0.860. The summed E-state index contributed by atoms with van der Waals surface area (Å²) in [6.07, 6.45) is 0.364. The van der Waals surface area contributed by atoms with Gasteiger partial charge in [-0.1, -0.05) is 12.1 Å². The van der Waals surface area contributed by atoms with Crippen LogP contribution in [0, 0.1) is 10.1 Å². The molecule has 0 aliphatic carbocycles. The molecule has 1 amide bonds. The van der Waals surface area contributed by atoms with Crippen LogP contribution in [0.25, 0.3) is 0 Å². The van der Waals surface area contributed by atoms with E-state index in [1.54, 1.807) is 24.3 Å². The molecule has 0 bridgehead atoms. The highest BCUT2D eigenvalue weighted by molar-refractivity contribution is 5.85. The second-order valence-corrected chi connectivity index (χ2v) is 5.10. The molecule has 0 spiro atoms. The Bertz CT molecular complexity index is 852. The monoisotopic (exact) mass is 343 g/mol. The SMILES string of the molecule is O=C(N/N=C/c1ccc(O)c([N+](=O)[O-])c1)[C@@H]1COc2ccccc2O1. The molecule has 0 saturated carbocycles.